The van der Waals surface area contributed by atoms with E-state index in [-0.39, 0.29) is 7.33 Å². The van der Waals surface area contributed by atoms with Crippen LogP contribution < -0.4 is 10.6 Å². The summed E-state index contributed by atoms with van der Waals surface area (Å²) in [6, 6.07) is 12.5. The fourth-order valence-electron chi connectivity index (χ4n) is 2.16. The second kappa shape index (κ2) is 7.57. The van der Waals surface area contributed by atoms with Gasteiger partial charge in [0.15, 0.2) is 0 Å². The minimum atomic E-state index is -0.211. The Morgan fingerprint density at radius 2 is 1.71 bits per heavy atom. The van der Waals surface area contributed by atoms with Gasteiger partial charge in [-0.3, -0.25) is 14.8 Å². The number of nitrogens with one attached hydrogen (secondary N) is 2. The van der Waals surface area contributed by atoms with Gasteiger partial charge in [0.25, 0.3) is 5.91 Å². The first-order chi connectivity index (χ1) is 11.7. The lowest BCUT2D eigenvalue weighted by molar-refractivity contribution is 0.102. The zero-order valence-electron chi connectivity index (χ0n) is 12.7. The zero-order chi connectivity index (χ0) is 16.8. The van der Waals surface area contributed by atoms with Crippen molar-refractivity contribution >= 4 is 28.9 Å². The molecule has 122 valence electrons. The number of aromatic nitrogens is 2. The Labute approximate surface area is 146 Å². The summed E-state index contributed by atoms with van der Waals surface area (Å²) in [6.07, 6.45) is 6.69. The van der Waals surface area contributed by atoms with Crippen molar-refractivity contribution in [3.63, 3.8) is 0 Å². The maximum Gasteiger partial charge on any atom is 0.257 e. The molecule has 1 amide bonds. The van der Waals surface area contributed by atoms with Crippen molar-refractivity contribution < 1.29 is 6.22 Å². The SMILES string of the molecule is O=C(Nc1ccc(Cl)cc1)c1ccncc1NCc1ccncc1.[HH]. The van der Waals surface area contributed by atoms with Gasteiger partial charge in [0.05, 0.1) is 17.4 Å². The fraction of sp³-hybridized carbons (Fsp3) is 0.0556. The Hall–Kier alpha value is -2.92. The van der Waals surface area contributed by atoms with Crippen LogP contribution in [0.3, 0.4) is 0 Å². The van der Waals surface area contributed by atoms with Crippen molar-refractivity contribution in [3.8, 4) is 0 Å². The molecule has 0 unspecified atom stereocenters. The number of amides is 1. The molecule has 0 spiro atoms. The maximum atomic E-state index is 12.5. The van der Waals surface area contributed by atoms with Gasteiger partial charge in [-0.2, -0.15) is 0 Å². The second-order valence-corrected chi connectivity index (χ2v) is 5.53. The van der Waals surface area contributed by atoms with Crippen LogP contribution in [-0.4, -0.2) is 15.9 Å². The Balaban J connectivity index is 0.00000225. The third kappa shape index (κ3) is 4.08. The van der Waals surface area contributed by atoms with Gasteiger partial charge in [0, 0.05) is 37.3 Å². The molecular formula is C18H17ClN4O. The average molecular weight is 341 g/mol. The molecule has 1 aromatic carbocycles. The quantitative estimate of drug-likeness (QED) is 0.729. The van der Waals surface area contributed by atoms with Gasteiger partial charge in [-0.15, -0.1) is 0 Å². The van der Waals surface area contributed by atoms with E-state index in [0.717, 1.165) is 5.56 Å². The lowest BCUT2D eigenvalue weighted by Crippen LogP contribution is -2.15. The lowest BCUT2D eigenvalue weighted by atomic mass is 10.2. The standard InChI is InChI=1S/C18H15ClN4O.H2/c19-14-1-3-15(4-2-14)23-18(24)16-7-10-21-12-17(16)22-11-13-5-8-20-9-6-13;/h1-10,12,22H,11H2,(H,23,24);1H. The molecule has 0 atom stereocenters. The van der Waals surface area contributed by atoms with E-state index in [2.05, 4.69) is 20.6 Å². The summed E-state index contributed by atoms with van der Waals surface area (Å²) >= 11 is 5.85. The largest absolute Gasteiger partial charge is 0.379 e. The van der Waals surface area contributed by atoms with Crippen molar-refractivity contribution in [2.45, 2.75) is 6.54 Å². The minimum Gasteiger partial charge on any atom is -0.379 e. The monoisotopic (exact) mass is 340 g/mol. The lowest BCUT2D eigenvalue weighted by Gasteiger charge is -2.12. The summed E-state index contributed by atoms with van der Waals surface area (Å²) in [4.78, 5) is 20.6. The van der Waals surface area contributed by atoms with Crippen LogP contribution in [0.5, 0.6) is 0 Å². The molecule has 0 aliphatic heterocycles. The van der Waals surface area contributed by atoms with Crippen LogP contribution in [-0.2, 0) is 6.54 Å². The number of pyridine rings is 2. The molecule has 2 aromatic heterocycles. The van der Waals surface area contributed by atoms with Crippen LogP contribution in [0.25, 0.3) is 0 Å². The van der Waals surface area contributed by atoms with Crippen molar-refractivity contribution in [2.24, 2.45) is 0 Å². The average Bonchev–Trinajstić information content (AvgIpc) is 2.63. The number of benzene rings is 1. The highest BCUT2D eigenvalue weighted by atomic mass is 35.5. The fourth-order valence-corrected chi connectivity index (χ4v) is 2.29. The van der Waals surface area contributed by atoms with E-state index >= 15 is 0 Å². The van der Waals surface area contributed by atoms with Gasteiger partial charge in [-0.25, -0.2) is 0 Å². The molecule has 3 rings (SSSR count). The number of hydrogen-bond acceptors (Lipinski definition) is 4. The Morgan fingerprint density at radius 1 is 1.00 bits per heavy atom. The maximum absolute atomic E-state index is 12.5. The molecule has 2 heterocycles. The zero-order valence-corrected chi connectivity index (χ0v) is 13.5. The number of rotatable bonds is 5. The summed E-state index contributed by atoms with van der Waals surface area (Å²) in [5.41, 5.74) is 2.94. The number of nitrogens with zero attached hydrogens (tertiary/aromatic N) is 2. The van der Waals surface area contributed by atoms with Crippen molar-refractivity contribution in [1.82, 2.24) is 9.97 Å². The Morgan fingerprint density at radius 3 is 2.46 bits per heavy atom. The highest BCUT2D eigenvalue weighted by Gasteiger charge is 2.11. The summed E-state index contributed by atoms with van der Waals surface area (Å²) in [7, 11) is 0. The van der Waals surface area contributed by atoms with Crippen LogP contribution in [0.15, 0.2) is 67.3 Å². The van der Waals surface area contributed by atoms with E-state index in [0.29, 0.717) is 28.5 Å². The smallest absolute Gasteiger partial charge is 0.257 e. The van der Waals surface area contributed by atoms with Crippen LogP contribution in [0.2, 0.25) is 5.02 Å². The van der Waals surface area contributed by atoms with Crippen LogP contribution in [0, 0.1) is 0 Å². The highest BCUT2D eigenvalue weighted by molar-refractivity contribution is 6.30. The Bertz CT molecular complexity index is 828. The molecule has 0 fully saturated rings. The molecule has 3 aromatic rings. The topological polar surface area (TPSA) is 66.9 Å². The molecule has 0 saturated carbocycles. The second-order valence-electron chi connectivity index (χ2n) is 5.09. The third-order valence-corrected chi connectivity index (χ3v) is 3.65. The van der Waals surface area contributed by atoms with E-state index < -0.39 is 0 Å². The summed E-state index contributed by atoms with van der Waals surface area (Å²) in [5, 5.41) is 6.70. The van der Waals surface area contributed by atoms with Crippen LogP contribution >= 0.6 is 11.6 Å². The molecular weight excluding hydrogens is 324 g/mol. The first kappa shape index (κ1) is 16.0. The molecule has 6 heteroatoms. The van der Waals surface area contributed by atoms with E-state index in [1.165, 1.54) is 0 Å². The van der Waals surface area contributed by atoms with Gasteiger partial charge in [-0.1, -0.05) is 11.6 Å². The summed E-state index contributed by atoms with van der Waals surface area (Å²) in [6.45, 7) is 0.579. The normalized spacial score (nSPS) is 10.2. The molecule has 24 heavy (non-hydrogen) atoms. The predicted molar refractivity (Wildman–Crippen MR) is 97.3 cm³/mol. The third-order valence-electron chi connectivity index (χ3n) is 3.40. The van der Waals surface area contributed by atoms with E-state index in [4.69, 9.17) is 11.6 Å². The molecule has 0 aliphatic carbocycles. The number of carbonyl (C=O) groups excluding carboxylic acids is 1. The summed E-state index contributed by atoms with van der Waals surface area (Å²) < 4.78 is 0. The van der Waals surface area contributed by atoms with Gasteiger partial charge >= 0.3 is 0 Å². The van der Waals surface area contributed by atoms with Gasteiger partial charge in [0.2, 0.25) is 0 Å². The van der Waals surface area contributed by atoms with Crippen molar-refractivity contribution in [2.75, 3.05) is 10.6 Å². The molecule has 5 nitrogen and oxygen atoms in total. The van der Waals surface area contributed by atoms with Gasteiger partial charge in [-0.05, 0) is 48.0 Å². The number of hydrogen-bond donors (Lipinski definition) is 2. The first-order valence-corrected chi connectivity index (χ1v) is 7.74. The molecule has 0 saturated heterocycles. The van der Waals surface area contributed by atoms with Gasteiger partial charge in [0.1, 0.15) is 0 Å². The minimum absolute atomic E-state index is 0. The van der Waals surface area contributed by atoms with E-state index in [1.807, 2.05) is 12.1 Å². The molecule has 0 radical (unpaired) electrons. The Kier molecular flexibility index (Phi) is 5.03. The van der Waals surface area contributed by atoms with Crippen LogP contribution in [0.4, 0.5) is 11.4 Å². The molecule has 0 bridgehead atoms. The first-order valence-electron chi connectivity index (χ1n) is 7.36. The number of anilines is 2. The van der Waals surface area contributed by atoms with Crippen molar-refractivity contribution in [3.05, 3.63) is 83.4 Å². The van der Waals surface area contributed by atoms with Crippen LogP contribution in [0.1, 0.15) is 17.3 Å². The predicted octanol–water partition coefficient (Wildman–Crippen LogP) is 4.24. The summed E-state index contributed by atoms with van der Waals surface area (Å²) in [5.74, 6) is -0.211. The number of halogens is 1. The highest BCUT2D eigenvalue weighted by Crippen LogP contribution is 2.18. The van der Waals surface area contributed by atoms with Crippen molar-refractivity contribution in [1.29, 1.82) is 0 Å². The van der Waals surface area contributed by atoms with Gasteiger partial charge < -0.3 is 10.6 Å². The van der Waals surface area contributed by atoms with E-state index in [1.54, 1.807) is 55.1 Å². The molecule has 0 aliphatic rings. The molecule has 2 N–H and O–H groups in total. The number of carbonyl (C=O) groups is 1. The van der Waals surface area contributed by atoms with E-state index in [9.17, 15) is 4.79 Å².